The Balaban J connectivity index is 2.28. The number of aryl methyl sites for hydroxylation is 2. The van der Waals surface area contributed by atoms with Gasteiger partial charge in [0.25, 0.3) is 0 Å². The van der Waals surface area contributed by atoms with Crippen LogP contribution in [0.2, 0.25) is 0 Å². The van der Waals surface area contributed by atoms with Crippen LogP contribution in [0.4, 0.5) is 0 Å². The number of nitrogens with zero attached hydrogens (tertiary/aromatic N) is 3. The van der Waals surface area contributed by atoms with Crippen LogP contribution in [0, 0.1) is 25.2 Å². The highest BCUT2D eigenvalue weighted by molar-refractivity contribution is 5.38. The first kappa shape index (κ1) is 15.1. The Morgan fingerprint density at radius 3 is 2.52 bits per heavy atom. The summed E-state index contributed by atoms with van der Waals surface area (Å²) < 4.78 is 7.78. The maximum atomic E-state index is 9.34. The van der Waals surface area contributed by atoms with Crippen LogP contribution in [-0.4, -0.2) is 9.78 Å². The molecule has 1 heterocycles. The number of benzene rings is 1. The third-order valence-corrected chi connectivity index (χ3v) is 3.78. The Bertz CT molecular complexity index is 693. The summed E-state index contributed by atoms with van der Waals surface area (Å²) in [6.45, 7) is 8.21. The van der Waals surface area contributed by atoms with Gasteiger partial charge in [0.1, 0.15) is 12.3 Å². The van der Waals surface area contributed by atoms with Crippen LogP contribution in [0.1, 0.15) is 36.4 Å². The molecule has 0 aliphatic carbocycles. The van der Waals surface area contributed by atoms with Crippen LogP contribution >= 0.6 is 0 Å². The molecule has 0 unspecified atom stereocenters. The third-order valence-electron chi connectivity index (χ3n) is 3.78. The molecular weight excluding hydrogens is 262 g/mol. The SMILES string of the molecule is Cc1nn(C)c(C)c1OCc1ccccc1C(C)(C)C#N. The molecule has 0 radical (unpaired) electrons. The Kier molecular flexibility index (Phi) is 4.04. The van der Waals surface area contributed by atoms with E-state index in [9.17, 15) is 5.26 Å². The number of aromatic nitrogens is 2. The van der Waals surface area contributed by atoms with Crippen LogP contribution in [0.15, 0.2) is 24.3 Å². The summed E-state index contributed by atoms with van der Waals surface area (Å²) in [4.78, 5) is 0. The topological polar surface area (TPSA) is 50.8 Å². The van der Waals surface area contributed by atoms with E-state index < -0.39 is 5.41 Å². The summed E-state index contributed by atoms with van der Waals surface area (Å²) in [7, 11) is 1.90. The second-order valence-corrected chi connectivity index (χ2v) is 5.81. The lowest BCUT2D eigenvalue weighted by Gasteiger charge is -2.20. The van der Waals surface area contributed by atoms with E-state index >= 15 is 0 Å². The largest absolute Gasteiger partial charge is 0.485 e. The smallest absolute Gasteiger partial charge is 0.163 e. The summed E-state index contributed by atoms with van der Waals surface area (Å²) in [6, 6.07) is 10.3. The van der Waals surface area contributed by atoms with Gasteiger partial charge >= 0.3 is 0 Å². The van der Waals surface area contributed by atoms with E-state index in [4.69, 9.17) is 4.74 Å². The van der Waals surface area contributed by atoms with Crippen molar-refractivity contribution in [2.24, 2.45) is 7.05 Å². The van der Waals surface area contributed by atoms with Gasteiger partial charge in [0.2, 0.25) is 0 Å². The van der Waals surface area contributed by atoms with Gasteiger partial charge in [-0.3, -0.25) is 4.68 Å². The number of rotatable bonds is 4. The average Bonchev–Trinajstić information content (AvgIpc) is 2.70. The van der Waals surface area contributed by atoms with Crippen LogP contribution in [0.3, 0.4) is 0 Å². The maximum absolute atomic E-state index is 9.34. The second kappa shape index (κ2) is 5.61. The molecule has 4 heteroatoms. The lowest BCUT2D eigenvalue weighted by Crippen LogP contribution is -2.17. The molecule has 0 N–H and O–H groups in total. The van der Waals surface area contributed by atoms with Gasteiger partial charge < -0.3 is 4.74 Å². The van der Waals surface area contributed by atoms with Crippen LogP contribution in [-0.2, 0) is 19.1 Å². The van der Waals surface area contributed by atoms with Gasteiger partial charge in [-0.1, -0.05) is 24.3 Å². The quantitative estimate of drug-likeness (QED) is 0.864. The van der Waals surface area contributed by atoms with E-state index in [1.54, 1.807) is 0 Å². The van der Waals surface area contributed by atoms with Crippen molar-refractivity contribution < 1.29 is 4.74 Å². The summed E-state index contributed by atoms with van der Waals surface area (Å²) in [5.41, 5.74) is 3.40. The fourth-order valence-electron chi connectivity index (χ4n) is 2.43. The van der Waals surface area contributed by atoms with Gasteiger partial charge in [-0.15, -0.1) is 0 Å². The fraction of sp³-hybridized carbons (Fsp3) is 0.412. The van der Waals surface area contributed by atoms with E-state index in [-0.39, 0.29) is 0 Å². The standard InChI is InChI=1S/C17H21N3O/c1-12-16(13(2)20(5)19-12)21-10-14-8-6-7-9-15(14)17(3,4)11-18/h6-9H,10H2,1-5H3. The zero-order chi connectivity index (χ0) is 15.6. The molecule has 0 atom stereocenters. The third kappa shape index (κ3) is 2.92. The Morgan fingerprint density at radius 2 is 1.95 bits per heavy atom. The highest BCUT2D eigenvalue weighted by Gasteiger charge is 2.23. The van der Waals surface area contributed by atoms with Gasteiger partial charge in [-0.25, -0.2) is 0 Å². The van der Waals surface area contributed by atoms with E-state index in [0.717, 1.165) is 28.3 Å². The van der Waals surface area contributed by atoms with Gasteiger partial charge in [0, 0.05) is 7.05 Å². The Morgan fingerprint density at radius 1 is 1.29 bits per heavy atom. The highest BCUT2D eigenvalue weighted by atomic mass is 16.5. The fourth-order valence-corrected chi connectivity index (χ4v) is 2.43. The normalized spacial score (nSPS) is 11.2. The van der Waals surface area contributed by atoms with Crippen LogP contribution < -0.4 is 4.74 Å². The molecule has 2 rings (SSSR count). The van der Waals surface area contributed by atoms with Crippen LogP contribution in [0.5, 0.6) is 5.75 Å². The zero-order valence-corrected chi connectivity index (χ0v) is 13.3. The van der Waals surface area contributed by atoms with Crippen molar-refractivity contribution in [2.75, 3.05) is 0 Å². The van der Waals surface area contributed by atoms with Crippen molar-refractivity contribution >= 4 is 0 Å². The molecule has 0 fully saturated rings. The number of ether oxygens (including phenoxy) is 1. The number of hydrogen-bond donors (Lipinski definition) is 0. The summed E-state index contributed by atoms with van der Waals surface area (Å²) >= 11 is 0. The predicted molar refractivity (Wildman–Crippen MR) is 82.1 cm³/mol. The van der Waals surface area contributed by atoms with Gasteiger partial charge in [-0.2, -0.15) is 10.4 Å². The molecule has 2 aromatic rings. The minimum atomic E-state index is -0.529. The van der Waals surface area contributed by atoms with E-state index in [1.165, 1.54) is 0 Å². The second-order valence-electron chi connectivity index (χ2n) is 5.81. The molecule has 0 aliphatic heterocycles. The molecule has 0 aliphatic rings. The molecule has 0 bridgehead atoms. The first-order valence-electron chi connectivity index (χ1n) is 6.99. The highest BCUT2D eigenvalue weighted by Crippen LogP contribution is 2.28. The molecule has 4 nitrogen and oxygen atoms in total. The summed E-state index contributed by atoms with van der Waals surface area (Å²) in [6.07, 6.45) is 0. The van der Waals surface area contributed by atoms with E-state index in [0.29, 0.717) is 6.61 Å². The van der Waals surface area contributed by atoms with Gasteiger partial charge in [0.15, 0.2) is 5.75 Å². The molecule has 0 saturated heterocycles. The first-order chi connectivity index (χ1) is 9.86. The number of nitriles is 1. The summed E-state index contributed by atoms with van der Waals surface area (Å²) in [5, 5.41) is 13.7. The molecular formula is C17H21N3O. The lowest BCUT2D eigenvalue weighted by atomic mass is 9.83. The van der Waals surface area contributed by atoms with E-state index in [2.05, 4.69) is 11.2 Å². The molecule has 1 aromatic heterocycles. The molecule has 1 aromatic carbocycles. The van der Waals surface area contributed by atoms with E-state index in [1.807, 2.05) is 63.7 Å². The van der Waals surface area contributed by atoms with Crippen molar-refractivity contribution in [1.82, 2.24) is 9.78 Å². The molecule has 21 heavy (non-hydrogen) atoms. The van der Waals surface area contributed by atoms with Crippen LogP contribution in [0.25, 0.3) is 0 Å². The minimum Gasteiger partial charge on any atom is -0.485 e. The number of hydrogen-bond acceptors (Lipinski definition) is 3. The zero-order valence-electron chi connectivity index (χ0n) is 13.3. The molecule has 0 spiro atoms. The van der Waals surface area contributed by atoms with Gasteiger partial charge in [-0.05, 0) is 38.8 Å². The maximum Gasteiger partial charge on any atom is 0.163 e. The van der Waals surface area contributed by atoms with Crippen molar-refractivity contribution in [3.8, 4) is 11.8 Å². The first-order valence-corrected chi connectivity index (χ1v) is 6.99. The van der Waals surface area contributed by atoms with Crippen molar-refractivity contribution in [2.45, 2.75) is 39.7 Å². The summed E-state index contributed by atoms with van der Waals surface area (Å²) in [5.74, 6) is 0.821. The molecule has 110 valence electrons. The van der Waals surface area contributed by atoms with Crippen molar-refractivity contribution in [3.05, 3.63) is 46.8 Å². The lowest BCUT2D eigenvalue weighted by molar-refractivity contribution is 0.299. The predicted octanol–water partition coefficient (Wildman–Crippen LogP) is 3.42. The van der Waals surface area contributed by atoms with Gasteiger partial charge in [0.05, 0.1) is 17.2 Å². The monoisotopic (exact) mass is 283 g/mol. The average molecular weight is 283 g/mol. The molecule has 0 amide bonds. The Labute approximate surface area is 126 Å². The van der Waals surface area contributed by atoms with Crippen molar-refractivity contribution in [3.63, 3.8) is 0 Å². The van der Waals surface area contributed by atoms with Crippen molar-refractivity contribution in [1.29, 1.82) is 5.26 Å². The minimum absolute atomic E-state index is 0.439. The Hall–Kier alpha value is -2.28. The molecule has 0 saturated carbocycles.